The SMILES string of the molecule is Cc1nnc2ccc(NC(=O)Nc3ccccc3F)cn12. The fraction of sp³-hybridized carbons (Fsp3) is 0.0714. The number of urea groups is 1. The van der Waals surface area contributed by atoms with Crippen LogP contribution in [0, 0.1) is 12.7 Å². The van der Waals surface area contributed by atoms with E-state index in [0.29, 0.717) is 17.2 Å². The Morgan fingerprint density at radius 3 is 2.76 bits per heavy atom. The van der Waals surface area contributed by atoms with Gasteiger partial charge < -0.3 is 10.6 Å². The minimum atomic E-state index is -0.523. The number of amides is 2. The first-order valence-corrected chi connectivity index (χ1v) is 6.27. The van der Waals surface area contributed by atoms with Crippen LogP contribution in [0.3, 0.4) is 0 Å². The van der Waals surface area contributed by atoms with E-state index < -0.39 is 11.8 Å². The molecule has 2 amide bonds. The van der Waals surface area contributed by atoms with E-state index in [0.717, 1.165) is 0 Å². The van der Waals surface area contributed by atoms with Crippen LogP contribution in [0.5, 0.6) is 0 Å². The summed E-state index contributed by atoms with van der Waals surface area (Å²) in [4.78, 5) is 11.9. The Labute approximate surface area is 119 Å². The number of nitrogens with one attached hydrogen (secondary N) is 2. The molecule has 106 valence electrons. The molecule has 2 aromatic heterocycles. The number of nitrogens with zero attached hydrogens (tertiary/aromatic N) is 3. The quantitative estimate of drug-likeness (QED) is 0.760. The predicted octanol–water partition coefficient (Wildman–Crippen LogP) is 2.82. The minimum Gasteiger partial charge on any atom is -0.306 e. The molecule has 2 heterocycles. The molecule has 0 fully saturated rings. The van der Waals surface area contributed by atoms with Crippen LogP contribution in [0.25, 0.3) is 5.65 Å². The van der Waals surface area contributed by atoms with Crippen molar-refractivity contribution in [1.29, 1.82) is 0 Å². The molecule has 2 N–H and O–H groups in total. The second-order valence-electron chi connectivity index (χ2n) is 4.45. The summed E-state index contributed by atoms with van der Waals surface area (Å²) < 4.78 is 15.2. The highest BCUT2D eigenvalue weighted by Gasteiger charge is 2.07. The zero-order chi connectivity index (χ0) is 14.8. The standard InChI is InChI=1S/C14H12FN5O/c1-9-18-19-13-7-6-10(8-20(9)13)16-14(21)17-12-5-3-2-4-11(12)15/h2-8H,1H3,(H2,16,17,21). The van der Waals surface area contributed by atoms with Crippen molar-refractivity contribution in [3.8, 4) is 0 Å². The highest BCUT2D eigenvalue weighted by atomic mass is 19.1. The van der Waals surface area contributed by atoms with Crippen LogP contribution in [0.15, 0.2) is 42.6 Å². The molecule has 0 aliphatic heterocycles. The lowest BCUT2D eigenvalue weighted by atomic mass is 10.3. The van der Waals surface area contributed by atoms with Gasteiger partial charge in [0.05, 0.1) is 11.4 Å². The van der Waals surface area contributed by atoms with Crippen LogP contribution in [0.1, 0.15) is 5.82 Å². The van der Waals surface area contributed by atoms with Gasteiger partial charge >= 0.3 is 6.03 Å². The van der Waals surface area contributed by atoms with Crippen molar-refractivity contribution in [2.24, 2.45) is 0 Å². The van der Waals surface area contributed by atoms with Gasteiger partial charge in [0.15, 0.2) is 5.65 Å². The molecule has 0 aliphatic rings. The topological polar surface area (TPSA) is 71.3 Å². The van der Waals surface area contributed by atoms with E-state index in [4.69, 9.17) is 0 Å². The smallest absolute Gasteiger partial charge is 0.306 e. The van der Waals surface area contributed by atoms with Crippen molar-refractivity contribution in [2.75, 3.05) is 10.6 Å². The molecule has 0 radical (unpaired) electrons. The number of carbonyl (C=O) groups excluding carboxylic acids is 1. The van der Waals surface area contributed by atoms with Crippen LogP contribution >= 0.6 is 0 Å². The van der Waals surface area contributed by atoms with Crippen molar-refractivity contribution >= 4 is 23.1 Å². The zero-order valence-electron chi connectivity index (χ0n) is 11.2. The summed E-state index contributed by atoms with van der Waals surface area (Å²) in [5.41, 5.74) is 1.36. The highest BCUT2D eigenvalue weighted by molar-refractivity contribution is 5.99. The van der Waals surface area contributed by atoms with Crippen LogP contribution in [-0.2, 0) is 0 Å². The first kappa shape index (κ1) is 13.0. The zero-order valence-corrected chi connectivity index (χ0v) is 11.2. The van der Waals surface area contributed by atoms with Gasteiger partial charge in [-0.05, 0) is 31.2 Å². The van der Waals surface area contributed by atoms with E-state index >= 15 is 0 Å². The lowest BCUT2D eigenvalue weighted by Gasteiger charge is -2.08. The van der Waals surface area contributed by atoms with E-state index in [1.165, 1.54) is 12.1 Å². The number of carbonyl (C=O) groups is 1. The molecule has 0 bridgehead atoms. The van der Waals surface area contributed by atoms with Gasteiger partial charge in [0.25, 0.3) is 0 Å². The Morgan fingerprint density at radius 2 is 1.95 bits per heavy atom. The number of rotatable bonds is 2. The third kappa shape index (κ3) is 2.66. The normalized spacial score (nSPS) is 10.6. The third-order valence-electron chi connectivity index (χ3n) is 2.95. The van der Waals surface area contributed by atoms with Crippen molar-refractivity contribution in [3.05, 3.63) is 54.2 Å². The molecule has 0 saturated heterocycles. The Morgan fingerprint density at radius 1 is 1.14 bits per heavy atom. The van der Waals surface area contributed by atoms with Gasteiger partial charge in [-0.3, -0.25) is 4.40 Å². The molecule has 3 rings (SSSR count). The molecule has 0 spiro atoms. The fourth-order valence-electron chi connectivity index (χ4n) is 1.93. The molecular formula is C14H12FN5O. The Balaban J connectivity index is 1.77. The Bertz CT molecular complexity index is 814. The summed E-state index contributed by atoms with van der Waals surface area (Å²) in [6, 6.07) is 8.88. The first-order chi connectivity index (χ1) is 10.1. The maximum absolute atomic E-state index is 13.4. The monoisotopic (exact) mass is 285 g/mol. The van der Waals surface area contributed by atoms with Gasteiger partial charge in [0.2, 0.25) is 0 Å². The first-order valence-electron chi connectivity index (χ1n) is 6.27. The lowest BCUT2D eigenvalue weighted by Crippen LogP contribution is -2.20. The number of anilines is 2. The maximum Gasteiger partial charge on any atom is 0.323 e. The van der Waals surface area contributed by atoms with E-state index in [1.54, 1.807) is 34.9 Å². The largest absolute Gasteiger partial charge is 0.323 e. The van der Waals surface area contributed by atoms with Crippen molar-refractivity contribution in [1.82, 2.24) is 14.6 Å². The van der Waals surface area contributed by atoms with Crippen molar-refractivity contribution < 1.29 is 9.18 Å². The molecule has 7 heteroatoms. The molecule has 0 saturated carbocycles. The second-order valence-corrected chi connectivity index (χ2v) is 4.45. The highest BCUT2D eigenvalue weighted by Crippen LogP contribution is 2.14. The number of hydrogen-bond donors (Lipinski definition) is 2. The molecule has 6 nitrogen and oxygen atoms in total. The average Bonchev–Trinajstić information content (AvgIpc) is 2.83. The Hall–Kier alpha value is -2.96. The molecule has 0 unspecified atom stereocenters. The summed E-state index contributed by atoms with van der Waals surface area (Å²) in [6.07, 6.45) is 1.70. The molecule has 1 aromatic carbocycles. The van der Waals surface area contributed by atoms with E-state index in [9.17, 15) is 9.18 Å². The van der Waals surface area contributed by atoms with E-state index in [2.05, 4.69) is 20.8 Å². The number of aryl methyl sites for hydroxylation is 1. The van der Waals surface area contributed by atoms with Gasteiger partial charge in [-0.2, -0.15) is 0 Å². The van der Waals surface area contributed by atoms with Crippen LogP contribution < -0.4 is 10.6 Å². The number of benzene rings is 1. The molecule has 3 aromatic rings. The van der Waals surface area contributed by atoms with Gasteiger partial charge in [-0.15, -0.1) is 10.2 Å². The Kier molecular flexibility index (Phi) is 3.23. The van der Waals surface area contributed by atoms with Gasteiger partial charge in [-0.1, -0.05) is 12.1 Å². The fourth-order valence-corrected chi connectivity index (χ4v) is 1.93. The maximum atomic E-state index is 13.4. The minimum absolute atomic E-state index is 0.122. The van der Waals surface area contributed by atoms with Crippen molar-refractivity contribution in [3.63, 3.8) is 0 Å². The van der Waals surface area contributed by atoms with Crippen LogP contribution in [0.4, 0.5) is 20.6 Å². The number of hydrogen-bond acceptors (Lipinski definition) is 3. The number of aromatic nitrogens is 3. The summed E-state index contributed by atoms with van der Waals surface area (Å²) in [7, 11) is 0. The average molecular weight is 285 g/mol. The van der Waals surface area contributed by atoms with Crippen molar-refractivity contribution in [2.45, 2.75) is 6.92 Å². The predicted molar refractivity (Wildman–Crippen MR) is 76.8 cm³/mol. The van der Waals surface area contributed by atoms with Gasteiger partial charge in [0.1, 0.15) is 11.6 Å². The number of pyridine rings is 1. The summed E-state index contributed by atoms with van der Waals surface area (Å²) >= 11 is 0. The van der Waals surface area contributed by atoms with E-state index in [-0.39, 0.29) is 5.69 Å². The summed E-state index contributed by atoms with van der Waals surface area (Å²) in [5.74, 6) is 0.223. The van der Waals surface area contributed by atoms with Gasteiger partial charge in [-0.25, -0.2) is 9.18 Å². The molecule has 0 aliphatic carbocycles. The number of halogens is 1. The van der Waals surface area contributed by atoms with Gasteiger partial charge in [0, 0.05) is 6.20 Å². The third-order valence-corrected chi connectivity index (χ3v) is 2.95. The molecular weight excluding hydrogens is 273 g/mol. The van der Waals surface area contributed by atoms with Crippen LogP contribution in [0.2, 0.25) is 0 Å². The second kappa shape index (κ2) is 5.20. The summed E-state index contributed by atoms with van der Waals surface area (Å²) in [5, 5.41) is 13.0. The summed E-state index contributed by atoms with van der Waals surface area (Å²) in [6.45, 7) is 1.81. The molecule has 21 heavy (non-hydrogen) atoms. The molecule has 0 atom stereocenters. The lowest BCUT2D eigenvalue weighted by molar-refractivity contribution is 0.262. The number of fused-ring (bicyclic) bond motifs is 1. The van der Waals surface area contributed by atoms with E-state index in [1.807, 2.05) is 6.92 Å². The number of para-hydroxylation sites is 1. The van der Waals surface area contributed by atoms with Crippen LogP contribution in [-0.4, -0.2) is 20.6 Å².